The van der Waals surface area contributed by atoms with Gasteiger partial charge in [-0.05, 0) is 19.9 Å². The minimum atomic E-state index is -0.240. The zero-order valence-electron chi connectivity index (χ0n) is 14.5. The van der Waals surface area contributed by atoms with Gasteiger partial charge >= 0.3 is 0 Å². The Balaban J connectivity index is 2.16. The smallest absolute Gasteiger partial charge is 0.275 e. The van der Waals surface area contributed by atoms with Gasteiger partial charge in [0.2, 0.25) is 5.91 Å². The number of hydrogen-bond acceptors (Lipinski definition) is 3. The molecule has 0 fully saturated rings. The molecule has 0 aliphatic rings. The van der Waals surface area contributed by atoms with Crippen LogP contribution in [0.25, 0.3) is 22.0 Å². The van der Waals surface area contributed by atoms with E-state index in [9.17, 15) is 9.59 Å². The molecule has 2 aromatic carbocycles. The van der Waals surface area contributed by atoms with Gasteiger partial charge in [-0.1, -0.05) is 48.5 Å². The number of rotatable bonds is 5. The lowest BCUT2D eigenvalue weighted by Crippen LogP contribution is -2.37. The molecule has 0 unspecified atom stereocenters. The van der Waals surface area contributed by atoms with Crippen molar-refractivity contribution in [2.24, 2.45) is 0 Å². The third-order valence-electron chi connectivity index (χ3n) is 4.32. The Hall–Kier alpha value is -2.95. The van der Waals surface area contributed by atoms with Crippen LogP contribution in [0.1, 0.15) is 13.8 Å². The first-order valence-electron chi connectivity index (χ1n) is 8.48. The number of benzene rings is 2. The van der Waals surface area contributed by atoms with Crippen LogP contribution in [0, 0.1) is 0 Å². The zero-order valence-corrected chi connectivity index (χ0v) is 14.5. The van der Waals surface area contributed by atoms with Crippen LogP contribution in [0.5, 0.6) is 0 Å². The molecule has 0 radical (unpaired) electrons. The average Bonchev–Trinajstić information content (AvgIpc) is 2.66. The van der Waals surface area contributed by atoms with Crippen molar-refractivity contribution in [3.8, 4) is 11.3 Å². The van der Waals surface area contributed by atoms with Gasteiger partial charge in [-0.3, -0.25) is 9.59 Å². The Morgan fingerprint density at radius 1 is 0.960 bits per heavy atom. The average molecular weight is 335 g/mol. The second-order valence-corrected chi connectivity index (χ2v) is 5.79. The summed E-state index contributed by atoms with van der Waals surface area (Å²) >= 11 is 0. The van der Waals surface area contributed by atoms with E-state index in [2.05, 4.69) is 5.10 Å². The largest absolute Gasteiger partial charge is 0.342 e. The molecule has 0 N–H and O–H groups in total. The fourth-order valence-electron chi connectivity index (χ4n) is 2.96. The third-order valence-corrected chi connectivity index (χ3v) is 4.32. The maximum atomic E-state index is 12.8. The molecule has 0 bridgehead atoms. The summed E-state index contributed by atoms with van der Waals surface area (Å²) in [7, 11) is 0. The van der Waals surface area contributed by atoms with E-state index in [1.54, 1.807) is 11.0 Å². The Morgan fingerprint density at radius 2 is 1.56 bits per heavy atom. The fraction of sp³-hybridized carbons (Fsp3) is 0.250. The maximum Gasteiger partial charge on any atom is 0.275 e. The van der Waals surface area contributed by atoms with Crippen molar-refractivity contribution in [3.63, 3.8) is 0 Å². The molecule has 0 saturated carbocycles. The third kappa shape index (κ3) is 3.31. The SMILES string of the molecule is CCN(CC)C(=O)Cn1nc(-c2ccccc2)c2ccccc2c1=O. The van der Waals surface area contributed by atoms with Gasteiger partial charge in [0.15, 0.2) is 0 Å². The maximum absolute atomic E-state index is 12.8. The van der Waals surface area contributed by atoms with Gasteiger partial charge in [-0.2, -0.15) is 5.10 Å². The number of aromatic nitrogens is 2. The molecule has 5 heteroatoms. The lowest BCUT2D eigenvalue weighted by molar-refractivity contribution is -0.131. The second-order valence-electron chi connectivity index (χ2n) is 5.79. The van der Waals surface area contributed by atoms with E-state index in [4.69, 9.17) is 0 Å². The highest BCUT2D eigenvalue weighted by Crippen LogP contribution is 2.24. The first-order chi connectivity index (χ1) is 12.2. The van der Waals surface area contributed by atoms with Gasteiger partial charge < -0.3 is 4.90 Å². The predicted molar refractivity (Wildman–Crippen MR) is 99.4 cm³/mol. The molecule has 0 saturated heterocycles. The standard InChI is InChI=1S/C20H21N3O2/c1-3-22(4-2)18(24)14-23-20(25)17-13-9-8-12-16(17)19(21-23)15-10-6-5-7-11-15/h5-13H,3-4,14H2,1-2H3. The van der Waals surface area contributed by atoms with Crippen LogP contribution in [0.4, 0.5) is 0 Å². The van der Waals surface area contributed by atoms with Crippen LogP contribution < -0.4 is 5.56 Å². The van der Waals surface area contributed by atoms with Gasteiger partial charge in [-0.25, -0.2) is 4.68 Å². The van der Waals surface area contributed by atoms with E-state index >= 15 is 0 Å². The van der Waals surface area contributed by atoms with Crippen molar-refractivity contribution in [2.75, 3.05) is 13.1 Å². The highest BCUT2D eigenvalue weighted by molar-refractivity contribution is 5.93. The molecule has 1 heterocycles. The molecule has 0 aliphatic heterocycles. The number of carbonyl (C=O) groups excluding carboxylic acids is 1. The van der Waals surface area contributed by atoms with E-state index in [0.717, 1.165) is 10.9 Å². The summed E-state index contributed by atoms with van der Waals surface area (Å²) in [6, 6.07) is 17.1. The number of fused-ring (bicyclic) bond motifs is 1. The lowest BCUT2D eigenvalue weighted by Gasteiger charge is -2.19. The summed E-state index contributed by atoms with van der Waals surface area (Å²) in [5, 5.41) is 5.89. The Labute approximate surface area is 146 Å². The topological polar surface area (TPSA) is 55.2 Å². The molecule has 5 nitrogen and oxygen atoms in total. The molecule has 3 rings (SSSR count). The lowest BCUT2D eigenvalue weighted by atomic mass is 10.1. The summed E-state index contributed by atoms with van der Waals surface area (Å²) in [4.78, 5) is 26.9. The normalized spacial score (nSPS) is 10.8. The summed E-state index contributed by atoms with van der Waals surface area (Å²) in [5.41, 5.74) is 1.39. The van der Waals surface area contributed by atoms with Crippen LogP contribution in [0.2, 0.25) is 0 Å². The number of amides is 1. The van der Waals surface area contributed by atoms with E-state index in [-0.39, 0.29) is 18.0 Å². The van der Waals surface area contributed by atoms with E-state index in [1.807, 2.05) is 62.4 Å². The van der Waals surface area contributed by atoms with Gasteiger partial charge in [0.25, 0.3) is 5.56 Å². The van der Waals surface area contributed by atoms with Crippen molar-refractivity contribution in [1.29, 1.82) is 0 Å². The molecule has 3 aromatic rings. The van der Waals surface area contributed by atoms with Gasteiger partial charge in [0.05, 0.1) is 11.1 Å². The summed E-state index contributed by atoms with van der Waals surface area (Å²) in [6.45, 7) is 5.03. The van der Waals surface area contributed by atoms with Crippen molar-refractivity contribution in [3.05, 3.63) is 65.0 Å². The molecule has 0 atom stereocenters. The predicted octanol–water partition coefficient (Wildman–Crippen LogP) is 2.93. The first-order valence-corrected chi connectivity index (χ1v) is 8.48. The molecule has 0 spiro atoms. The molecular weight excluding hydrogens is 314 g/mol. The Kier molecular flexibility index (Phi) is 4.93. The molecular formula is C20H21N3O2. The van der Waals surface area contributed by atoms with Crippen molar-refractivity contribution < 1.29 is 4.79 Å². The fourth-order valence-corrected chi connectivity index (χ4v) is 2.96. The minimum absolute atomic E-state index is 0.0504. The minimum Gasteiger partial charge on any atom is -0.342 e. The van der Waals surface area contributed by atoms with Crippen molar-refractivity contribution in [1.82, 2.24) is 14.7 Å². The van der Waals surface area contributed by atoms with Gasteiger partial charge in [0, 0.05) is 24.0 Å². The highest BCUT2D eigenvalue weighted by atomic mass is 16.2. The van der Waals surface area contributed by atoms with Crippen LogP contribution in [-0.4, -0.2) is 33.7 Å². The van der Waals surface area contributed by atoms with Crippen LogP contribution in [0.3, 0.4) is 0 Å². The summed E-state index contributed by atoms with van der Waals surface area (Å²) in [6.07, 6.45) is 0. The molecule has 1 amide bonds. The summed E-state index contributed by atoms with van der Waals surface area (Å²) in [5.74, 6) is -0.103. The second kappa shape index (κ2) is 7.30. The van der Waals surface area contributed by atoms with Gasteiger partial charge in [-0.15, -0.1) is 0 Å². The van der Waals surface area contributed by atoms with Gasteiger partial charge in [0.1, 0.15) is 6.54 Å². The zero-order chi connectivity index (χ0) is 17.8. The van der Waals surface area contributed by atoms with E-state index in [0.29, 0.717) is 24.2 Å². The van der Waals surface area contributed by atoms with Crippen LogP contribution >= 0.6 is 0 Å². The molecule has 25 heavy (non-hydrogen) atoms. The van der Waals surface area contributed by atoms with E-state index in [1.165, 1.54) is 4.68 Å². The number of nitrogens with zero attached hydrogens (tertiary/aromatic N) is 3. The summed E-state index contributed by atoms with van der Waals surface area (Å²) < 4.78 is 1.28. The van der Waals surface area contributed by atoms with Crippen LogP contribution in [0.15, 0.2) is 59.4 Å². The number of likely N-dealkylation sites (N-methyl/N-ethyl adjacent to an activating group) is 1. The van der Waals surface area contributed by atoms with Crippen LogP contribution in [-0.2, 0) is 11.3 Å². The monoisotopic (exact) mass is 335 g/mol. The first kappa shape index (κ1) is 16.9. The number of hydrogen-bond donors (Lipinski definition) is 0. The van der Waals surface area contributed by atoms with E-state index < -0.39 is 0 Å². The Morgan fingerprint density at radius 3 is 2.20 bits per heavy atom. The quantitative estimate of drug-likeness (QED) is 0.720. The highest BCUT2D eigenvalue weighted by Gasteiger charge is 2.16. The molecule has 1 aromatic heterocycles. The molecule has 128 valence electrons. The van der Waals surface area contributed by atoms with Crippen molar-refractivity contribution >= 4 is 16.7 Å². The Bertz CT molecular complexity index is 944. The molecule has 0 aliphatic carbocycles. The van der Waals surface area contributed by atoms with Crippen molar-refractivity contribution in [2.45, 2.75) is 20.4 Å². The number of carbonyl (C=O) groups is 1.